The molecule has 12 heteroatoms. The summed E-state index contributed by atoms with van der Waals surface area (Å²) in [4.78, 5) is -0.243. The maximum atomic E-state index is 14.9. The van der Waals surface area contributed by atoms with Crippen LogP contribution in [-0.2, 0) is 26.6 Å². The van der Waals surface area contributed by atoms with Crippen LogP contribution < -0.4 is 4.31 Å². The predicted octanol–water partition coefficient (Wildman–Crippen LogP) is 5.53. The highest BCUT2D eigenvalue weighted by Crippen LogP contribution is 2.37. The highest BCUT2D eigenvalue weighted by atomic mass is 35.5. The Balaban J connectivity index is 2.16. The summed E-state index contributed by atoms with van der Waals surface area (Å²) in [6.45, 7) is 1.41. The van der Waals surface area contributed by atoms with Gasteiger partial charge in [-0.25, -0.2) is 21.6 Å². The molecule has 35 heavy (non-hydrogen) atoms. The molecule has 1 atom stereocenters. The molecule has 3 aromatic carbocycles. The fourth-order valence-corrected chi connectivity index (χ4v) is 5.96. The van der Waals surface area contributed by atoms with Gasteiger partial charge in [-0.2, -0.15) is 8.42 Å². The summed E-state index contributed by atoms with van der Waals surface area (Å²) >= 11 is 5.86. The molecule has 0 aliphatic carbocycles. The Morgan fingerprint density at radius 2 is 1.51 bits per heavy atom. The number of hydrogen-bond acceptors (Lipinski definition) is 4. The van der Waals surface area contributed by atoms with Gasteiger partial charge in [-0.05, 0) is 79.4 Å². The van der Waals surface area contributed by atoms with Gasteiger partial charge in [-0.1, -0.05) is 17.7 Å². The van der Waals surface area contributed by atoms with Crippen LogP contribution in [0.3, 0.4) is 0 Å². The Morgan fingerprint density at radius 1 is 0.914 bits per heavy atom. The molecule has 0 aromatic heterocycles. The van der Waals surface area contributed by atoms with E-state index in [1.807, 2.05) is 0 Å². The second kappa shape index (κ2) is 10.6. The van der Waals surface area contributed by atoms with Crippen LogP contribution in [0.15, 0.2) is 65.6 Å². The first kappa shape index (κ1) is 27.0. The van der Waals surface area contributed by atoms with E-state index < -0.39 is 55.1 Å². The van der Waals surface area contributed by atoms with Crippen LogP contribution in [0, 0.1) is 17.5 Å². The Morgan fingerprint density at radius 3 is 2.14 bits per heavy atom. The molecule has 0 spiro atoms. The number of aryl methyl sites for hydroxylation is 1. The number of nitrogens with zero attached hydrogens (tertiary/aromatic N) is 1. The standard InChI is InChI=1S/C23H21ClF3NO5S2/c1-15(21-10-6-18(25)13-16(21)3-2-12-34(29,30)31)28(23-14-19(26)7-11-22(23)27)35(32,33)20-8-4-17(24)5-9-20/h4-11,13-15H,2-3,12H2,1H3,(H,29,30,31)/t15-/m1/s1. The van der Waals surface area contributed by atoms with Crippen LogP contribution >= 0.6 is 11.6 Å². The third kappa shape index (κ3) is 6.54. The first-order valence-electron chi connectivity index (χ1n) is 10.3. The average molecular weight is 548 g/mol. The van der Waals surface area contributed by atoms with Crippen molar-refractivity contribution in [1.82, 2.24) is 0 Å². The second-order valence-corrected chi connectivity index (χ2v) is 11.6. The van der Waals surface area contributed by atoms with Crippen molar-refractivity contribution in [3.05, 3.63) is 94.3 Å². The third-order valence-electron chi connectivity index (χ3n) is 5.27. The number of rotatable bonds is 9. The molecule has 0 bridgehead atoms. The summed E-state index contributed by atoms with van der Waals surface area (Å²) in [7, 11) is -8.76. The molecule has 0 fully saturated rings. The van der Waals surface area contributed by atoms with Crippen molar-refractivity contribution < 1.29 is 34.6 Å². The van der Waals surface area contributed by atoms with E-state index in [0.717, 1.165) is 30.3 Å². The third-order valence-corrected chi connectivity index (χ3v) is 8.23. The quantitative estimate of drug-likeness (QED) is 0.355. The van der Waals surface area contributed by atoms with Crippen LogP contribution in [0.25, 0.3) is 0 Å². The van der Waals surface area contributed by atoms with E-state index in [9.17, 15) is 30.0 Å². The van der Waals surface area contributed by atoms with E-state index in [4.69, 9.17) is 16.2 Å². The molecule has 188 valence electrons. The van der Waals surface area contributed by atoms with Crippen molar-refractivity contribution in [2.45, 2.75) is 30.7 Å². The van der Waals surface area contributed by atoms with Gasteiger partial charge in [0, 0.05) is 11.1 Å². The van der Waals surface area contributed by atoms with Gasteiger partial charge >= 0.3 is 0 Å². The minimum Gasteiger partial charge on any atom is -0.286 e. The Bertz CT molecular complexity index is 1430. The molecule has 3 aromatic rings. The summed E-state index contributed by atoms with van der Waals surface area (Å²) < 4.78 is 102. The molecule has 1 N–H and O–H groups in total. The largest absolute Gasteiger partial charge is 0.286 e. The van der Waals surface area contributed by atoms with Crippen molar-refractivity contribution >= 4 is 37.4 Å². The lowest BCUT2D eigenvalue weighted by atomic mass is 9.97. The van der Waals surface area contributed by atoms with Crippen LogP contribution in [0.5, 0.6) is 0 Å². The molecule has 3 rings (SSSR count). The van der Waals surface area contributed by atoms with Gasteiger partial charge in [0.2, 0.25) is 0 Å². The van der Waals surface area contributed by atoms with Gasteiger partial charge in [0.25, 0.3) is 20.1 Å². The maximum Gasteiger partial charge on any atom is 0.264 e. The smallest absolute Gasteiger partial charge is 0.264 e. The van der Waals surface area contributed by atoms with E-state index in [1.54, 1.807) is 0 Å². The minimum atomic E-state index is -4.49. The molecule has 6 nitrogen and oxygen atoms in total. The van der Waals surface area contributed by atoms with Crippen LogP contribution in [0.2, 0.25) is 5.02 Å². The van der Waals surface area contributed by atoms with E-state index >= 15 is 0 Å². The van der Waals surface area contributed by atoms with Gasteiger partial charge in [0.05, 0.1) is 22.4 Å². The summed E-state index contributed by atoms with van der Waals surface area (Å²) in [5, 5.41) is 0.264. The van der Waals surface area contributed by atoms with Gasteiger partial charge < -0.3 is 0 Å². The average Bonchev–Trinajstić information content (AvgIpc) is 2.75. The monoisotopic (exact) mass is 547 g/mol. The number of benzene rings is 3. The molecule has 0 saturated carbocycles. The van der Waals surface area contributed by atoms with Crippen LogP contribution in [-0.4, -0.2) is 27.1 Å². The molecule has 0 amide bonds. The molecule has 0 heterocycles. The number of halogens is 4. The number of hydrogen-bond donors (Lipinski definition) is 1. The molecular weight excluding hydrogens is 527 g/mol. The van der Waals surface area contributed by atoms with Gasteiger partial charge in [-0.3, -0.25) is 8.86 Å². The molecule has 0 saturated heterocycles. The zero-order valence-corrected chi connectivity index (χ0v) is 20.7. The number of anilines is 1. The predicted molar refractivity (Wildman–Crippen MR) is 127 cm³/mol. The Hall–Kier alpha value is -2.60. The Kier molecular flexibility index (Phi) is 8.15. The number of sulfonamides is 1. The summed E-state index contributed by atoms with van der Waals surface area (Å²) in [6, 6.07) is 9.76. The van der Waals surface area contributed by atoms with Crippen LogP contribution in [0.4, 0.5) is 18.9 Å². The van der Waals surface area contributed by atoms with E-state index in [2.05, 4.69) is 0 Å². The van der Waals surface area contributed by atoms with E-state index in [-0.39, 0.29) is 33.9 Å². The topological polar surface area (TPSA) is 91.8 Å². The molecule has 0 aliphatic rings. The van der Waals surface area contributed by atoms with Crippen molar-refractivity contribution in [2.75, 3.05) is 10.1 Å². The van der Waals surface area contributed by atoms with Crippen molar-refractivity contribution in [1.29, 1.82) is 0 Å². The summed E-state index contributed by atoms with van der Waals surface area (Å²) in [6.07, 6.45) is -0.113. The SMILES string of the molecule is C[C@H](c1ccc(F)cc1CCCS(=O)(=O)O)N(c1cc(F)ccc1F)S(=O)(=O)c1ccc(Cl)cc1. The highest BCUT2D eigenvalue weighted by Gasteiger charge is 2.33. The van der Waals surface area contributed by atoms with Crippen molar-refractivity contribution in [3.63, 3.8) is 0 Å². The normalized spacial score (nSPS) is 13.0. The summed E-state index contributed by atoms with van der Waals surface area (Å²) in [5.74, 6) is -3.14. The molecule has 0 radical (unpaired) electrons. The Labute approximate surface area is 206 Å². The zero-order chi connectivity index (χ0) is 26.0. The van der Waals surface area contributed by atoms with E-state index in [0.29, 0.717) is 4.31 Å². The van der Waals surface area contributed by atoms with Gasteiger partial charge in [0.15, 0.2) is 0 Å². The molecular formula is C23H21ClF3NO5S2. The van der Waals surface area contributed by atoms with Crippen LogP contribution in [0.1, 0.15) is 30.5 Å². The summed E-state index contributed by atoms with van der Waals surface area (Å²) in [5.41, 5.74) is -0.0853. The minimum absolute atomic E-state index is 0.0301. The molecule has 0 unspecified atom stereocenters. The van der Waals surface area contributed by atoms with Gasteiger partial charge in [-0.15, -0.1) is 0 Å². The van der Waals surface area contributed by atoms with Crippen molar-refractivity contribution in [3.8, 4) is 0 Å². The zero-order valence-electron chi connectivity index (χ0n) is 18.3. The first-order chi connectivity index (χ1) is 16.3. The maximum absolute atomic E-state index is 14.9. The lowest BCUT2D eigenvalue weighted by Gasteiger charge is -2.32. The molecule has 0 aliphatic heterocycles. The first-order valence-corrected chi connectivity index (χ1v) is 13.7. The lowest BCUT2D eigenvalue weighted by Crippen LogP contribution is -2.35. The highest BCUT2D eigenvalue weighted by molar-refractivity contribution is 7.92. The van der Waals surface area contributed by atoms with Crippen molar-refractivity contribution in [2.24, 2.45) is 0 Å². The van der Waals surface area contributed by atoms with Gasteiger partial charge in [0.1, 0.15) is 17.5 Å². The lowest BCUT2D eigenvalue weighted by molar-refractivity contribution is 0.481. The fourth-order valence-electron chi connectivity index (χ4n) is 3.69. The fraction of sp³-hybridized carbons (Fsp3) is 0.217. The van der Waals surface area contributed by atoms with E-state index in [1.165, 1.54) is 37.3 Å². The second-order valence-electron chi connectivity index (χ2n) is 7.76.